The van der Waals surface area contributed by atoms with Crippen LogP contribution in [-0.4, -0.2) is 44.8 Å². The molecule has 5 heteroatoms. The van der Waals surface area contributed by atoms with Gasteiger partial charge in [0, 0.05) is 25.2 Å². The van der Waals surface area contributed by atoms with Gasteiger partial charge in [-0.3, -0.25) is 4.90 Å². The minimum Gasteiger partial charge on any atom is -0.305 e. The van der Waals surface area contributed by atoms with Gasteiger partial charge in [-0.05, 0) is 31.7 Å². The third kappa shape index (κ3) is 2.82. The fourth-order valence-corrected chi connectivity index (χ4v) is 3.47. The van der Waals surface area contributed by atoms with E-state index >= 15 is 0 Å². The minimum absolute atomic E-state index is 0.609. The van der Waals surface area contributed by atoms with Crippen molar-refractivity contribution >= 4 is 0 Å². The Morgan fingerprint density at radius 2 is 2.26 bits per heavy atom. The average molecular weight is 263 g/mol. The first kappa shape index (κ1) is 13.1. The van der Waals surface area contributed by atoms with Gasteiger partial charge in [0.1, 0.15) is 12.2 Å². The van der Waals surface area contributed by atoms with Crippen molar-refractivity contribution < 1.29 is 0 Å². The lowest BCUT2D eigenvalue weighted by Crippen LogP contribution is -2.39. The molecule has 1 N–H and O–H groups in total. The molecular formula is C14H25N5. The van der Waals surface area contributed by atoms with E-state index in [2.05, 4.69) is 34.1 Å². The predicted octanol–water partition coefficient (Wildman–Crippen LogP) is 1.26. The molecule has 2 atom stereocenters. The van der Waals surface area contributed by atoms with E-state index in [1.807, 2.05) is 4.68 Å². The van der Waals surface area contributed by atoms with Crippen LogP contribution in [0, 0.1) is 5.92 Å². The molecule has 0 amide bonds. The zero-order chi connectivity index (χ0) is 13.2. The summed E-state index contributed by atoms with van der Waals surface area (Å²) in [6.45, 7) is 8.80. The van der Waals surface area contributed by atoms with E-state index in [-0.39, 0.29) is 0 Å². The number of fused-ring (bicyclic) bond motifs is 1. The highest BCUT2D eigenvalue weighted by molar-refractivity contribution is 4.97. The fourth-order valence-electron chi connectivity index (χ4n) is 3.47. The second-order valence-electron chi connectivity index (χ2n) is 6.27. The highest BCUT2D eigenvalue weighted by Crippen LogP contribution is 2.27. The molecule has 2 unspecified atom stereocenters. The first-order valence-electron chi connectivity index (χ1n) is 7.58. The standard InChI is InChI=1S/C14H25N5/c1-11(2)9-19-14(16-10-17-19)8-15-12-5-7-18-6-3-4-13(12)18/h10-13,15H,3-9H2,1-2H3. The van der Waals surface area contributed by atoms with Crippen LogP contribution in [0.25, 0.3) is 0 Å². The molecule has 5 nitrogen and oxygen atoms in total. The summed E-state index contributed by atoms with van der Waals surface area (Å²) in [5, 5.41) is 8.03. The van der Waals surface area contributed by atoms with Crippen molar-refractivity contribution in [2.75, 3.05) is 13.1 Å². The van der Waals surface area contributed by atoms with Gasteiger partial charge < -0.3 is 5.32 Å². The van der Waals surface area contributed by atoms with Crippen molar-refractivity contribution in [2.24, 2.45) is 5.92 Å². The molecular weight excluding hydrogens is 238 g/mol. The lowest BCUT2D eigenvalue weighted by Gasteiger charge is -2.21. The Morgan fingerprint density at radius 3 is 3.11 bits per heavy atom. The summed E-state index contributed by atoms with van der Waals surface area (Å²) in [6, 6.07) is 1.41. The minimum atomic E-state index is 0.609. The highest BCUT2D eigenvalue weighted by atomic mass is 15.3. The van der Waals surface area contributed by atoms with Crippen molar-refractivity contribution in [3.63, 3.8) is 0 Å². The molecule has 19 heavy (non-hydrogen) atoms. The number of aromatic nitrogens is 3. The van der Waals surface area contributed by atoms with Crippen LogP contribution >= 0.6 is 0 Å². The zero-order valence-electron chi connectivity index (χ0n) is 12.0. The number of hydrogen-bond donors (Lipinski definition) is 1. The highest BCUT2D eigenvalue weighted by Gasteiger charge is 2.36. The SMILES string of the molecule is CC(C)Cn1ncnc1CNC1CCN2CCCC12. The van der Waals surface area contributed by atoms with Crippen LogP contribution < -0.4 is 5.32 Å². The van der Waals surface area contributed by atoms with E-state index in [1.165, 1.54) is 32.4 Å². The largest absolute Gasteiger partial charge is 0.305 e. The summed E-state index contributed by atoms with van der Waals surface area (Å²) in [5.41, 5.74) is 0. The molecule has 2 aliphatic rings. The van der Waals surface area contributed by atoms with E-state index in [0.29, 0.717) is 12.0 Å². The van der Waals surface area contributed by atoms with Crippen LogP contribution in [0.2, 0.25) is 0 Å². The van der Waals surface area contributed by atoms with Gasteiger partial charge in [-0.25, -0.2) is 9.67 Å². The Balaban J connectivity index is 1.56. The number of nitrogens with zero attached hydrogens (tertiary/aromatic N) is 4. The summed E-state index contributed by atoms with van der Waals surface area (Å²) in [6.07, 6.45) is 5.68. The molecule has 0 aliphatic carbocycles. The molecule has 0 radical (unpaired) electrons. The smallest absolute Gasteiger partial charge is 0.140 e. The van der Waals surface area contributed by atoms with Crippen LogP contribution in [0.5, 0.6) is 0 Å². The second-order valence-corrected chi connectivity index (χ2v) is 6.27. The Kier molecular flexibility index (Phi) is 3.84. The molecule has 0 aromatic carbocycles. The van der Waals surface area contributed by atoms with Gasteiger partial charge in [0.05, 0.1) is 6.54 Å². The van der Waals surface area contributed by atoms with Crippen LogP contribution in [-0.2, 0) is 13.1 Å². The topological polar surface area (TPSA) is 46.0 Å². The molecule has 3 heterocycles. The third-order valence-electron chi connectivity index (χ3n) is 4.36. The Bertz CT molecular complexity index is 414. The summed E-state index contributed by atoms with van der Waals surface area (Å²) >= 11 is 0. The maximum atomic E-state index is 4.39. The first-order chi connectivity index (χ1) is 9.24. The normalized spacial score (nSPS) is 27.3. The van der Waals surface area contributed by atoms with Gasteiger partial charge in [0.25, 0.3) is 0 Å². The maximum Gasteiger partial charge on any atom is 0.140 e. The lowest BCUT2D eigenvalue weighted by atomic mass is 10.1. The molecule has 2 saturated heterocycles. The summed E-state index contributed by atoms with van der Waals surface area (Å²) in [5.74, 6) is 1.68. The fraction of sp³-hybridized carbons (Fsp3) is 0.857. The van der Waals surface area contributed by atoms with Crippen molar-refractivity contribution in [1.82, 2.24) is 25.0 Å². The van der Waals surface area contributed by atoms with E-state index in [1.54, 1.807) is 6.33 Å². The van der Waals surface area contributed by atoms with Gasteiger partial charge in [0.15, 0.2) is 0 Å². The van der Waals surface area contributed by atoms with Crippen molar-refractivity contribution in [1.29, 1.82) is 0 Å². The maximum absolute atomic E-state index is 4.39. The van der Waals surface area contributed by atoms with Gasteiger partial charge >= 0.3 is 0 Å². The van der Waals surface area contributed by atoms with Crippen LogP contribution in [0.3, 0.4) is 0 Å². The van der Waals surface area contributed by atoms with E-state index < -0.39 is 0 Å². The Labute approximate surface area is 115 Å². The molecule has 0 bridgehead atoms. The van der Waals surface area contributed by atoms with Gasteiger partial charge in [0.2, 0.25) is 0 Å². The van der Waals surface area contributed by atoms with Crippen molar-refractivity contribution in [2.45, 2.75) is 58.3 Å². The molecule has 106 valence electrons. The van der Waals surface area contributed by atoms with Crippen molar-refractivity contribution in [3.8, 4) is 0 Å². The summed E-state index contributed by atoms with van der Waals surface area (Å²) < 4.78 is 2.04. The quantitative estimate of drug-likeness (QED) is 0.869. The molecule has 0 saturated carbocycles. The Hall–Kier alpha value is -0.940. The number of nitrogens with one attached hydrogen (secondary N) is 1. The molecule has 1 aromatic rings. The monoisotopic (exact) mass is 263 g/mol. The van der Waals surface area contributed by atoms with Crippen LogP contribution in [0.15, 0.2) is 6.33 Å². The van der Waals surface area contributed by atoms with Gasteiger partial charge in [-0.1, -0.05) is 13.8 Å². The molecule has 1 aromatic heterocycles. The van der Waals surface area contributed by atoms with Crippen LogP contribution in [0.1, 0.15) is 38.9 Å². The van der Waals surface area contributed by atoms with Crippen LogP contribution in [0.4, 0.5) is 0 Å². The molecule has 3 rings (SSSR count). The first-order valence-corrected chi connectivity index (χ1v) is 7.58. The lowest BCUT2D eigenvalue weighted by molar-refractivity contribution is 0.296. The van der Waals surface area contributed by atoms with E-state index in [9.17, 15) is 0 Å². The van der Waals surface area contributed by atoms with Crippen molar-refractivity contribution in [3.05, 3.63) is 12.2 Å². The molecule has 0 spiro atoms. The average Bonchev–Trinajstić information content (AvgIpc) is 3.02. The number of rotatable bonds is 5. The van der Waals surface area contributed by atoms with Gasteiger partial charge in [-0.15, -0.1) is 0 Å². The van der Waals surface area contributed by atoms with E-state index in [4.69, 9.17) is 0 Å². The second kappa shape index (κ2) is 5.59. The zero-order valence-corrected chi connectivity index (χ0v) is 12.0. The number of hydrogen-bond acceptors (Lipinski definition) is 4. The molecule has 2 aliphatic heterocycles. The summed E-state index contributed by atoms with van der Waals surface area (Å²) in [4.78, 5) is 7.03. The predicted molar refractivity (Wildman–Crippen MR) is 74.7 cm³/mol. The van der Waals surface area contributed by atoms with Gasteiger partial charge in [-0.2, -0.15) is 5.10 Å². The Morgan fingerprint density at radius 1 is 1.37 bits per heavy atom. The third-order valence-corrected chi connectivity index (χ3v) is 4.36. The molecule has 2 fully saturated rings. The summed E-state index contributed by atoms with van der Waals surface area (Å²) in [7, 11) is 0. The van der Waals surface area contributed by atoms with E-state index in [0.717, 1.165) is 25.0 Å².